The summed E-state index contributed by atoms with van der Waals surface area (Å²) < 4.78 is 41.2. The number of methoxy groups -OCH3 is 2. The lowest BCUT2D eigenvalue weighted by molar-refractivity contribution is -0.182. The predicted octanol–water partition coefficient (Wildman–Crippen LogP) is 4.22. The van der Waals surface area contributed by atoms with E-state index in [9.17, 15) is 18.8 Å². The Balaban J connectivity index is 2.23. The van der Waals surface area contributed by atoms with E-state index in [0.717, 1.165) is 6.07 Å². The van der Waals surface area contributed by atoms with E-state index in [0.29, 0.717) is 0 Å². The molecule has 1 aromatic carbocycles. The van der Waals surface area contributed by atoms with E-state index in [1.807, 2.05) is 0 Å². The fourth-order valence-corrected chi connectivity index (χ4v) is 3.69. The summed E-state index contributed by atoms with van der Waals surface area (Å²) in [6.07, 6.45) is 0.0507. The fraction of sp³-hybridized carbons (Fsp3) is 0.625. The van der Waals surface area contributed by atoms with Gasteiger partial charge in [-0.3, -0.25) is 9.59 Å². The molecule has 1 fully saturated rings. The molecule has 1 aliphatic carbocycles. The van der Waals surface area contributed by atoms with Gasteiger partial charge >= 0.3 is 17.9 Å². The van der Waals surface area contributed by atoms with Crippen LogP contribution >= 0.6 is 0 Å². The van der Waals surface area contributed by atoms with E-state index in [-0.39, 0.29) is 48.8 Å². The molecule has 0 unspecified atom stereocenters. The smallest absolute Gasteiger partial charge is 0.341 e. The molecule has 0 amide bonds. The van der Waals surface area contributed by atoms with Crippen molar-refractivity contribution in [3.8, 4) is 11.5 Å². The number of benzene rings is 1. The van der Waals surface area contributed by atoms with Gasteiger partial charge in [-0.2, -0.15) is 0 Å². The van der Waals surface area contributed by atoms with Crippen LogP contribution in [0, 0.1) is 11.2 Å². The van der Waals surface area contributed by atoms with E-state index in [1.165, 1.54) is 20.3 Å². The second-order valence-corrected chi connectivity index (χ2v) is 9.33. The van der Waals surface area contributed by atoms with Crippen molar-refractivity contribution in [2.45, 2.75) is 78.1 Å². The third kappa shape index (κ3) is 6.36. The van der Waals surface area contributed by atoms with Gasteiger partial charge in [0.05, 0.1) is 26.4 Å². The second kappa shape index (κ2) is 10.4. The molecule has 1 aliphatic rings. The van der Waals surface area contributed by atoms with Crippen LogP contribution in [0.5, 0.6) is 11.5 Å². The first kappa shape index (κ1) is 26.4. The highest BCUT2D eigenvalue weighted by molar-refractivity contribution is 6.00. The van der Waals surface area contributed by atoms with E-state index in [4.69, 9.17) is 23.7 Å². The number of hydrogen-bond acceptors (Lipinski definition) is 8. The van der Waals surface area contributed by atoms with Gasteiger partial charge in [-0.1, -0.05) is 0 Å². The van der Waals surface area contributed by atoms with Crippen LogP contribution in [0.25, 0.3) is 0 Å². The Labute approximate surface area is 193 Å². The molecule has 0 heterocycles. The normalized spacial score (nSPS) is 20.7. The maximum absolute atomic E-state index is 14.7. The van der Waals surface area contributed by atoms with E-state index in [2.05, 4.69) is 0 Å². The summed E-state index contributed by atoms with van der Waals surface area (Å²) in [5.41, 5.74) is -2.17. The number of ether oxygens (including phenoxy) is 5. The van der Waals surface area contributed by atoms with Gasteiger partial charge in [0.1, 0.15) is 16.9 Å². The van der Waals surface area contributed by atoms with Crippen molar-refractivity contribution in [3.05, 3.63) is 23.5 Å². The molecule has 0 saturated heterocycles. The molecular weight excluding hydrogens is 435 g/mol. The Bertz CT molecular complexity index is 879. The molecule has 1 aromatic rings. The zero-order chi connectivity index (χ0) is 25.0. The van der Waals surface area contributed by atoms with E-state index < -0.39 is 40.8 Å². The van der Waals surface area contributed by atoms with Crippen LogP contribution in [0.4, 0.5) is 4.39 Å². The van der Waals surface area contributed by atoms with Gasteiger partial charge in [0, 0.05) is 12.1 Å². The molecule has 0 atom stereocenters. The first-order valence-corrected chi connectivity index (χ1v) is 10.9. The molecule has 0 radical (unpaired) electrons. The Morgan fingerprint density at radius 1 is 1.00 bits per heavy atom. The maximum Gasteiger partial charge on any atom is 0.341 e. The molecule has 33 heavy (non-hydrogen) atoms. The first-order chi connectivity index (χ1) is 15.3. The number of halogens is 1. The monoisotopic (exact) mass is 468 g/mol. The third-order valence-electron chi connectivity index (χ3n) is 5.25. The molecule has 9 heteroatoms. The van der Waals surface area contributed by atoms with Crippen molar-refractivity contribution in [1.29, 1.82) is 0 Å². The largest absolute Gasteiger partial charge is 0.490 e. The predicted molar refractivity (Wildman–Crippen MR) is 117 cm³/mol. The number of rotatable bonds is 7. The number of esters is 3. The lowest BCUT2D eigenvalue weighted by atomic mass is 9.73. The minimum absolute atomic E-state index is 0.0380. The van der Waals surface area contributed by atoms with Crippen LogP contribution in [0.1, 0.15) is 70.7 Å². The van der Waals surface area contributed by atoms with Crippen LogP contribution in [0.3, 0.4) is 0 Å². The molecule has 0 aromatic heterocycles. The average molecular weight is 469 g/mol. The highest BCUT2D eigenvalue weighted by atomic mass is 19.1. The Hall–Kier alpha value is -2.84. The highest BCUT2D eigenvalue weighted by Crippen LogP contribution is 2.41. The first-order valence-electron chi connectivity index (χ1n) is 10.9. The lowest BCUT2D eigenvalue weighted by Gasteiger charge is -2.37. The van der Waals surface area contributed by atoms with Gasteiger partial charge in [-0.25, -0.2) is 9.18 Å². The van der Waals surface area contributed by atoms with Gasteiger partial charge in [-0.05, 0) is 60.3 Å². The third-order valence-corrected chi connectivity index (χ3v) is 5.25. The second-order valence-electron chi connectivity index (χ2n) is 9.33. The molecule has 0 bridgehead atoms. The maximum atomic E-state index is 14.7. The molecular formula is C24H33FO8. The number of carbonyl (C=O) groups excluding carboxylic acids is 3. The molecule has 184 valence electrons. The fourth-order valence-electron chi connectivity index (χ4n) is 3.69. The zero-order valence-corrected chi connectivity index (χ0v) is 20.3. The average Bonchev–Trinajstić information content (AvgIpc) is 2.73. The summed E-state index contributed by atoms with van der Waals surface area (Å²) in [5.74, 6) is -2.78. The topological polar surface area (TPSA) is 97.4 Å². The van der Waals surface area contributed by atoms with Crippen molar-refractivity contribution < 1.29 is 42.5 Å². The minimum Gasteiger partial charge on any atom is -0.490 e. The molecule has 8 nitrogen and oxygen atoms in total. The van der Waals surface area contributed by atoms with Crippen LogP contribution in [0.2, 0.25) is 0 Å². The van der Waals surface area contributed by atoms with Crippen molar-refractivity contribution >= 4 is 17.9 Å². The lowest BCUT2D eigenvalue weighted by Crippen LogP contribution is -2.48. The van der Waals surface area contributed by atoms with Crippen LogP contribution in [0.15, 0.2) is 12.1 Å². The summed E-state index contributed by atoms with van der Waals surface area (Å²) in [6.45, 7) is 8.67. The molecule has 1 saturated carbocycles. The van der Waals surface area contributed by atoms with Crippen molar-refractivity contribution in [2.24, 2.45) is 5.41 Å². The summed E-state index contributed by atoms with van der Waals surface area (Å²) in [7, 11) is 2.44. The molecule has 0 N–H and O–H groups in total. The Morgan fingerprint density at radius 3 is 2.09 bits per heavy atom. The highest BCUT2D eigenvalue weighted by Gasteiger charge is 2.52. The van der Waals surface area contributed by atoms with Crippen LogP contribution < -0.4 is 9.47 Å². The molecule has 0 aliphatic heterocycles. The summed E-state index contributed by atoms with van der Waals surface area (Å²) in [6, 6.07) is 2.33. The zero-order valence-electron chi connectivity index (χ0n) is 20.3. The van der Waals surface area contributed by atoms with Crippen LogP contribution in [-0.4, -0.2) is 49.9 Å². The quantitative estimate of drug-likeness (QED) is 0.333. The van der Waals surface area contributed by atoms with Gasteiger partial charge < -0.3 is 23.7 Å². The van der Waals surface area contributed by atoms with Gasteiger partial charge in [-0.15, -0.1) is 0 Å². The van der Waals surface area contributed by atoms with Crippen LogP contribution in [-0.2, 0) is 23.8 Å². The molecule has 2 rings (SSSR count). The van der Waals surface area contributed by atoms with Gasteiger partial charge in [0.15, 0.2) is 17.0 Å². The summed E-state index contributed by atoms with van der Waals surface area (Å²) >= 11 is 0. The Kier molecular flexibility index (Phi) is 8.32. The number of carbonyl (C=O) groups is 3. The van der Waals surface area contributed by atoms with E-state index >= 15 is 0 Å². The SMILES string of the molecule is COC(=O)c1cc(O[C@H]2CC[C@@](C(=O)OC)(C(=O)OC(C)(C)C)CC2)c(F)cc1OC(C)C. The summed E-state index contributed by atoms with van der Waals surface area (Å²) in [4.78, 5) is 37.5. The summed E-state index contributed by atoms with van der Waals surface area (Å²) in [5, 5.41) is 0. The van der Waals surface area contributed by atoms with Gasteiger partial charge in [0.2, 0.25) is 0 Å². The van der Waals surface area contributed by atoms with Crippen molar-refractivity contribution in [1.82, 2.24) is 0 Å². The van der Waals surface area contributed by atoms with Crippen molar-refractivity contribution in [2.75, 3.05) is 14.2 Å². The minimum atomic E-state index is -1.44. The number of hydrogen-bond donors (Lipinski definition) is 0. The molecule has 0 spiro atoms. The van der Waals surface area contributed by atoms with E-state index in [1.54, 1.807) is 34.6 Å². The van der Waals surface area contributed by atoms with Gasteiger partial charge in [0.25, 0.3) is 0 Å². The Morgan fingerprint density at radius 2 is 1.61 bits per heavy atom. The van der Waals surface area contributed by atoms with Crippen molar-refractivity contribution in [3.63, 3.8) is 0 Å². The standard InChI is InChI=1S/C24H33FO8/c1-14(2)31-18-13-17(25)19(12-16(18)20(26)29-6)32-15-8-10-24(11-9-15,21(27)30-7)22(28)33-23(3,4)5/h12-15H,8-11H2,1-7H3/t15-,24+.